The normalized spacial score (nSPS) is 27.7. The lowest BCUT2D eigenvalue weighted by molar-refractivity contribution is -0.151. The minimum absolute atomic E-state index is 0.156. The second-order valence-electron chi connectivity index (χ2n) is 5.89. The van der Waals surface area contributed by atoms with Crippen LogP contribution in [0.1, 0.15) is 40.5 Å². The molecular formula is C13H23NO4S. The lowest BCUT2D eigenvalue weighted by atomic mass is 9.88. The van der Waals surface area contributed by atoms with E-state index in [1.807, 2.05) is 6.92 Å². The number of nitrogens with zero attached hydrogens (tertiary/aromatic N) is 1. The number of carbonyl (C=O) groups excluding carboxylic acids is 1. The van der Waals surface area contributed by atoms with Crippen molar-refractivity contribution in [2.45, 2.75) is 56.9 Å². The molecule has 0 saturated carbocycles. The van der Waals surface area contributed by atoms with Gasteiger partial charge in [0, 0.05) is 12.3 Å². The molecule has 0 aliphatic carbocycles. The Labute approximate surface area is 118 Å². The van der Waals surface area contributed by atoms with Gasteiger partial charge in [0.2, 0.25) is 0 Å². The molecule has 1 aliphatic heterocycles. The van der Waals surface area contributed by atoms with Crippen molar-refractivity contribution in [3.63, 3.8) is 0 Å². The molecule has 1 amide bonds. The molecule has 1 saturated heterocycles. The third kappa shape index (κ3) is 3.35. The summed E-state index contributed by atoms with van der Waals surface area (Å²) in [5.74, 6) is -0.0289. The standard InChI is InChI=1S/C13H23NO4S/c1-9-13(10(15)16,7-6-8-19-9)14(5)11(17)18-12(2,3)4/h9H,6-8H2,1-5H3,(H,15,16). The number of carbonyl (C=O) groups is 2. The van der Waals surface area contributed by atoms with E-state index in [1.54, 1.807) is 32.5 Å². The van der Waals surface area contributed by atoms with E-state index >= 15 is 0 Å². The van der Waals surface area contributed by atoms with E-state index in [-0.39, 0.29) is 5.25 Å². The van der Waals surface area contributed by atoms with Crippen LogP contribution in [0.5, 0.6) is 0 Å². The minimum Gasteiger partial charge on any atom is -0.479 e. The smallest absolute Gasteiger partial charge is 0.411 e. The maximum atomic E-state index is 12.1. The highest BCUT2D eigenvalue weighted by atomic mass is 32.2. The Hall–Kier alpha value is -0.910. The highest BCUT2D eigenvalue weighted by Gasteiger charge is 2.51. The van der Waals surface area contributed by atoms with Gasteiger partial charge in [-0.15, -0.1) is 0 Å². The molecule has 0 bridgehead atoms. The molecule has 6 heteroatoms. The van der Waals surface area contributed by atoms with E-state index in [4.69, 9.17) is 4.74 Å². The Bertz CT molecular complexity index is 366. The van der Waals surface area contributed by atoms with Gasteiger partial charge in [0.15, 0.2) is 5.54 Å². The van der Waals surface area contributed by atoms with Gasteiger partial charge in [-0.05, 0) is 39.4 Å². The van der Waals surface area contributed by atoms with E-state index < -0.39 is 23.2 Å². The molecule has 1 fully saturated rings. The molecule has 2 atom stereocenters. The zero-order chi connectivity index (χ0) is 14.8. The van der Waals surface area contributed by atoms with E-state index in [1.165, 1.54) is 11.9 Å². The Balaban J connectivity index is 2.99. The predicted molar refractivity (Wildman–Crippen MR) is 75.5 cm³/mol. The van der Waals surface area contributed by atoms with Crippen molar-refractivity contribution < 1.29 is 19.4 Å². The van der Waals surface area contributed by atoms with E-state index in [0.717, 1.165) is 12.2 Å². The number of hydrogen-bond donors (Lipinski definition) is 1. The van der Waals surface area contributed by atoms with Crippen LogP contribution in [0.15, 0.2) is 0 Å². The number of amides is 1. The topological polar surface area (TPSA) is 66.8 Å². The second-order valence-corrected chi connectivity index (χ2v) is 7.33. The minimum atomic E-state index is -1.18. The fourth-order valence-electron chi connectivity index (χ4n) is 2.30. The largest absolute Gasteiger partial charge is 0.479 e. The van der Waals surface area contributed by atoms with Gasteiger partial charge in [0.05, 0.1) is 0 Å². The first kappa shape index (κ1) is 16.1. The summed E-state index contributed by atoms with van der Waals surface area (Å²) in [6.45, 7) is 7.17. The van der Waals surface area contributed by atoms with Gasteiger partial charge in [-0.25, -0.2) is 9.59 Å². The average molecular weight is 289 g/mol. The van der Waals surface area contributed by atoms with E-state index in [0.29, 0.717) is 6.42 Å². The molecule has 1 N–H and O–H groups in total. The number of carboxylic acids is 1. The molecule has 5 nitrogen and oxygen atoms in total. The maximum absolute atomic E-state index is 12.1. The molecule has 0 spiro atoms. The van der Waals surface area contributed by atoms with Crippen molar-refractivity contribution in [3.05, 3.63) is 0 Å². The molecule has 0 aromatic carbocycles. The molecule has 1 rings (SSSR count). The van der Waals surface area contributed by atoms with Crippen molar-refractivity contribution >= 4 is 23.8 Å². The van der Waals surface area contributed by atoms with Crippen LogP contribution in [0.25, 0.3) is 0 Å². The van der Waals surface area contributed by atoms with E-state index in [9.17, 15) is 14.7 Å². The SMILES string of the molecule is CC1SCCCC1(C(=O)O)N(C)C(=O)OC(C)(C)C. The summed E-state index contributed by atoms with van der Waals surface area (Å²) in [5, 5.41) is 9.46. The van der Waals surface area contributed by atoms with Crippen LogP contribution in [0.4, 0.5) is 4.79 Å². The molecule has 0 aromatic heterocycles. The average Bonchev–Trinajstić information content (AvgIpc) is 2.26. The Morgan fingerprint density at radius 3 is 2.42 bits per heavy atom. The molecule has 2 unspecified atom stereocenters. The van der Waals surface area contributed by atoms with Crippen molar-refractivity contribution in [3.8, 4) is 0 Å². The van der Waals surface area contributed by atoms with Crippen molar-refractivity contribution in [1.82, 2.24) is 4.90 Å². The number of likely N-dealkylation sites (N-methyl/N-ethyl adjacent to an activating group) is 1. The quantitative estimate of drug-likeness (QED) is 0.846. The van der Waals surface area contributed by atoms with Gasteiger partial charge < -0.3 is 9.84 Å². The third-order valence-electron chi connectivity index (χ3n) is 3.38. The molecule has 0 aromatic rings. The summed E-state index contributed by atoms with van der Waals surface area (Å²) in [4.78, 5) is 25.1. The van der Waals surface area contributed by atoms with Gasteiger partial charge in [-0.1, -0.05) is 6.92 Å². The van der Waals surface area contributed by atoms with Crippen LogP contribution in [0.3, 0.4) is 0 Å². The molecule has 1 heterocycles. The van der Waals surface area contributed by atoms with Gasteiger partial charge in [0.25, 0.3) is 0 Å². The lowest BCUT2D eigenvalue weighted by Crippen LogP contribution is -2.62. The van der Waals surface area contributed by atoms with Crippen LogP contribution < -0.4 is 0 Å². The van der Waals surface area contributed by atoms with Crippen molar-refractivity contribution in [2.75, 3.05) is 12.8 Å². The summed E-state index contributed by atoms with van der Waals surface area (Å²) in [6, 6.07) is 0. The monoisotopic (exact) mass is 289 g/mol. The van der Waals surface area contributed by atoms with Crippen LogP contribution in [-0.4, -0.2) is 51.3 Å². The number of thioether (sulfide) groups is 1. The van der Waals surface area contributed by atoms with E-state index in [2.05, 4.69) is 0 Å². The predicted octanol–water partition coefficient (Wildman–Crippen LogP) is 2.59. The molecule has 0 radical (unpaired) electrons. The Morgan fingerprint density at radius 2 is 2.00 bits per heavy atom. The van der Waals surface area contributed by atoms with Gasteiger partial charge in [-0.3, -0.25) is 4.90 Å². The molecule has 19 heavy (non-hydrogen) atoms. The highest BCUT2D eigenvalue weighted by Crippen LogP contribution is 2.38. The van der Waals surface area contributed by atoms with Crippen molar-refractivity contribution in [2.24, 2.45) is 0 Å². The number of hydrogen-bond acceptors (Lipinski definition) is 4. The molecular weight excluding hydrogens is 266 g/mol. The molecule has 1 aliphatic rings. The summed E-state index contributed by atoms with van der Waals surface area (Å²) >= 11 is 1.59. The fourth-order valence-corrected chi connectivity index (χ4v) is 3.62. The number of carboxylic acid groups (broad SMARTS) is 1. The zero-order valence-corrected chi connectivity index (χ0v) is 13.0. The zero-order valence-electron chi connectivity index (χ0n) is 12.2. The Morgan fingerprint density at radius 1 is 1.42 bits per heavy atom. The van der Waals surface area contributed by atoms with Gasteiger partial charge in [0.1, 0.15) is 5.60 Å². The Kier molecular flexibility index (Phi) is 4.76. The van der Waals surface area contributed by atoms with Crippen LogP contribution in [0, 0.1) is 0 Å². The summed E-state index contributed by atoms with van der Waals surface area (Å²) in [6.07, 6.45) is 0.671. The summed E-state index contributed by atoms with van der Waals surface area (Å²) in [5.41, 5.74) is -1.80. The molecule has 110 valence electrons. The lowest BCUT2D eigenvalue weighted by Gasteiger charge is -2.44. The first-order valence-electron chi connectivity index (χ1n) is 6.43. The highest BCUT2D eigenvalue weighted by molar-refractivity contribution is 8.00. The van der Waals surface area contributed by atoms with Crippen LogP contribution >= 0.6 is 11.8 Å². The van der Waals surface area contributed by atoms with Crippen LogP contribution in [-0.2, 0) is 9.53 Å². The van der Waals surface area contributed by atoms with Gasteiger partial charge >= 0.3 is 12.1 Å². The number of ether oxygens (including phenoxy) is 1. The van der Waals surface area contributed by atoms with Gasteiger partial charge in [-0.2, -0.15) is 11.8 Å². The van der Waals surface area contributed by atoms with Crippen molar-refractivity contribution in [1.29, 1.82) is 0 Å². The first-order valence-corrected chi connectivity index (χ1v) is 7.48. The maximum Gasteiger partial charge on any atom is 0.411 e. The fraction of sp³-hybridized carbons (Fsp3) is 0.846. The number of rotatable bonds is 2. The first-order chi connectivity index (χ1) is 8.61. The van der Waals surface area contributed by atoms with Crippen LogP contribution in [0.2, 0.25) is 0 Å². The summed E-state index contributed by atoms with van der Waals surface area (Å²) in [7, 11) is 1.52. The second kappa shape index (κ2) is 5.61. The number of aliphatic carboxylic acids is 1. The third-order valence-corrected chi connectivity index (χ3v) is 4.79. The summed E-state index contributed by atoms with van der Waals surface area (Å²) < 4.78 is 5.29.